The third-order valence-electron chi connectivity index (χ3n) is 5.37. The van der Waals surface area contributed by atoms with Crippen molar-refractivity contribution in [3.8, 4) is 11.5 Å². The molecule has 5 nitrogen and oxygen atoms in total. The second-order valence-corrected chi connectivity index (χ2v) is 7.11. The van der Waals surface area contributed by atoms with Crippen LogP contribution in [0.15, 0.2) is 18.2 Å². The maximum absolute atomic E-state index is 12.5. The highest BCUT2D eigenvalue weighted by atomic mass is 16.6. The molecule has 0 aromatic heterocycles. The zero-order valence-corrected chi connectivity index (χ0v) is 14.8. The minimum absolute atomic E-state index is 0.0166. The molecule has 2 aliphatic rings. The largest absolute Gasteiger partial charge is 0.486 e. The molecule has 0 saturated heterocycles. The fourth-order valence-electron chi connectivity index (χ4n) is 3.59. The van der Waals surface area contributed by atoms with Gasteiger partial charge in [0.2, 0.25) is 5.91 Å². The first-order valence-electron chi connectivity index (χ1n) is 9.01. The third kappa shape index (κ3) is 3.83. The van der Waals surface area contributed by atoms with E-state index in [1.165, 1.54) is 12.8 Å². The normalized spacial score (nSPS) is 27.4. The Morgan fingerprint density at radius 1 is 1.17 bits per heavy atom. The lowest BCUT2D eigenvalue weighted by atomic mass is 9.78. The number of benzene rings is 1. The lowest BCUT2D eigenvalue weighted by Gasteiger charge is -2.36. The quantitative estimate of drug-likeness (QED) is 0.889. The van der Waals surface area contributed by atoms with Crippen LogP contribution in [0.4, 0.5) is 5.69 Å². The van der Waals surface area contributed by atoms with Gasteiger partial charge >= 0.3 is 0 Å². The molecule has 1 fully saturated rings. The Hall–Kier alpha value is -1.75. The molecule has 1 aromatic rings. The Kier molecular flexibility index (Phi) is 5.29. The number of fused-ring (bicyclic) bond motifs is 1. The first-order valence-corrected chi connectivity index (χ1v) is 9.01. The molecule has 4 atom stereocenters. The fraction of sp³-hybridized carbons (Fsp3) is 0.632. The Balaban J connectivity index is 1.58. The lowest BCUT2D eigenvalue weighted by Crippen LogP contribution is -2.49. The third-order valence-corrected chi connectivity index (χ3v) is 5.37. The summed E-state index contributed by atoms with van der Waals surface area (Å²) in [7, 11) is 0. The van der Waals surface area contributed by atoms with Gasteiger partial charge in [0.15, 0.2) is 11.5 Å². The number of hydrogen-bond donors (Lipinski definition) is 2. The van der Waals surface area contributed by atoms with Crippen molar-refractivity contribution in [2.24, 2.45) is 11.8 Å². The second kappa shape index (κ2) is 7.43. The van der Waals surface area contributed by atoms with Crippen LogP contribution < -0.4 is 20.1 Å². The highest BCUT2D eigenvalue weighted by molar-refractivity contribution is 5.94. The van der Waals surface area contributed by atoms with Gasteiger partial charge in [-0.1, -0.05) is 26.7 Å². The maximum atomic E-state index is 12.5. The van der Waals surface area contributed by atoms with Crippen molar-refractivity contribution in [1.82, 2.24) is 5.32 Å². The molecule has 1 aliphatic heterocycles. The van der Waals surface area contributed by atoms with Crippen LogP contribution in [0.3, 0.4) is 0 Å². The minimum Gasteiger partial charge on any atom is -0.486 e. The van der Waals surface area contributed by atoms with Crippen LogP contribution in [0.5, 0.6) is 11.5 Å². The molecule has 0 radical (unpaired) electrons. The van der Waals surface area contributed by atoms with Crippen molar-refractivity contribution < 1.29 is 14.3 Å². The highest BCUT2D eigenvalue weighted by Crippen LogP contribution is 2.33. The topological polar surface area (TPSA) is 59.6 Å². The molecule has 1 aromatic carbocycles. The number of anilines is 1. The van der Waals surface area contributed by atoms with E-state index in [2.05, 4.69) is 24.5 Å². The van der Waals surface area contributed by atoms with Crippen molar-refractivity contribution in [1.29, 1.82) is 0 Å². The van der Waals surface area contributed by atoms with E-state index in [1.807, 2.05) is 25.1 Å². The van der Waals surface area contributed by atoms with Crippen LogP contribution in [-0.4, -0.2) is 31.2 Å². The van der Waals surface area contributed by atoms with Crippen LogP contribution in [0.2, 0.25) is 0 Å². The monoisotopic (exact) mass is 332 g/mol. The molecule has 1 aliphatic carbocycles. The van der Waals surface area contributed by atoms with E-state index in [0.29, 0.717) is 36.8 Å². The van der Waals surface area contributed by atoms with Crippen molar-refractivity contribution in [2.75, 3.05) is 18.5 Å². The molecule has 0 unspecified atom stereocenters. The molecule has 24 heavy (non-hydrogen) atoms. The number of ether oxygens (including phenoxy) is 2. The van der Waals surface area contributed by atoms with Gasteiger partial charge in [-0.3, -0.25) is 4.79 Å². The highest BCUT2D eigenvalue weighted by Gasteiger charge is 2.29. The maximum Gasteiger partial charge on any atom is 0.241 e. The van der Waals surface area contributed by atoms with E-state index < -0.39 is 0 Å². The van der Waals surface area contributed by atoms with E-state index in [1.54, 1.807) is 0 Å². The van der Waals surface area contributed by atoms with Gasteiger partial charge in [0.05, 0.1) is 6.04 Å². The van der Waals surface area contributed by atoms with Gasteiger partial charge < -0.3 is 20.1 Å². The summed E-state index contributed by atoms with van der Waals surface area (Å²) in [4.78, 5) is 12.5. The SMILES string of the molecule is C[C@H]1[C@H](C)CCC[C@H]1N[C@@H](C)C(=O)Nc1ccc2c(c1)OCCO2. The summed E-state index contributed by atoms with van der Waals surface area (Å²) in [6.45, 7) is 7.63. The molecule has 1 saturated carbocycles. The predicted octanol–water partition coefficient (Wildman–Crippen LogP) is 3.20. The summed E-state index contributed by atoms with van der Waals surface area (Å²) in [5.41, 5.74) is 0.739. The van der Waals surface area contributed by atoms with Gasteiger partial charge in [0, 0.05) is 17.8 Å². The molecular formula is C19H28N2O3. The number of rotatable bonds is 4. The molecule has 0 spiro atoms. The molecule has 0 bridgehead atoms. The van der Waals surface area contributed by atoms with Gasteiger partial charge in [-0.05, 0) is 37.3 Å². The van der Waals surface area contributed by atoms with Crippen molar-refractivity contribution >= 4 is 11.6 Å². The van der Waals surface area contributed by atoms with E-state index in [0.717, 1.165) is 17.9 Å². The van der Waals surface area contributed by atoms with Gasteiger partial charge in [-0.2, -0.15) is 0 Å². The summed E-state index contributed by atoms with van der Waals surface area (Å²) in [5.74, 6) is 2.72. The van der Waals surface area contributed by atoms with Crippen LogP contribution in [0, 0.1) is 11.8 Å². The van der Waals surface area contributed by atoms with E-state index in [4.69, 9.17) is 9.47 Å². The molecule has 3 rings (SSSR count). The average Bonchev–Trinajstić information content (AvgIpc) is 2.58. The fourth-order valence-corrected chi connectivity index (χ4v) is 3.59. The number of carbonyl (C=O) groups excluding carboxylic acids is 1. The summed E-state index contributed by atoms with van der Waals surface area (Å²) >= 11 is 0. The van der Waals surface area contributed by atoms with Gasteiger partial charge in [0.25, 0.3) is 0 Å². The number of hydrogen-bond acceptors (Lipinski definition) is 4. The van der Waals surface area contributed by atoms with E-state index >= 15 is 0 Å². The summed E-state index contributed by atoms with van der Waals surface area (Å²) < 4.78 is 11.1. The summed E-state index contributed by atoms with van der Waals surface area (Å²) in [6, 6.07) is 5.70. The number of amides is 1. The van der Waals surface area contributed by atoms with Crippen molar-refractivity contribution in [2.45, 2.75) is 52.1 Å². The molecular weight excluding hydrogens is 304 g/mol. The van der Waals surface area contributed by atoms with Crippen LogP contribution in [-0.2, 0) is 4.79 Å². The van der Waals surface area contributed by atoms with Crippen LogP contribution in [0.1, 0.15) is 40.0 Å². The molecule has 1 amide bonds. The van der Waals surface area contributed by atoms with Crippen LogP contribution >= 0.6 is 0 Å². The summed E-state index contributed by atoms with van der Waals surface area (Å²) in [5, 5.41) is 6.48. The van der Waals surface area contributed by atoms with E-state index in [-0.39, 0.29) is 11.9 Å². The first-order chi connectivity index (χ1) is 11.5. The van der Waals surface area contributed by atoms with E-state index in [9.17, 15) is 4.79 Å². The molecule has 5 heteroatoms. The summed E-state index contributed by atoms with van der Waals surface area (Å²) in [6.07, 6.45) is 3.67. The Bertz CT molecular complexity index is 590. The number of nitrogens with one attached hydrogen (secondary N) is 2. The van der Waals surface area contributed by atoms with Crippen molar-refractivity contribution in [3.05, 3.63) is 18.2 Å². The second-order valence-electron chi connectivity index (χ2n) is 7.11. The predicted molar refractivity (Wildman–Crippen MR) is 94.6 cm³/mol. The van der Waals surface area contributed by atoms with Gasteiger partial charge in [-0.25, -0.2) is 0 Å². The smallest absolute Gasteiger partial charge is 0.241 e. The Morgan fingerprint density at radius 3 is 2.71 bits per heavy atom. The van der Waals surface area contributed by atoms with Crippen LogP contribution in [0.25, 0.3) is 0 Å². The minimum atomic E-state index is -0.226. The zero-order chi connectivity index (χ0) is 17.1. The molecule has 1 heterocycles. The Morgan fingerprint density at radius 2 is 1.92 bits per heavy atom. The average molecular weight is 332 g/mol. The first kappa shape index (κ1) is 17.1. The van der Waals surface area contributed by atoms with Crippen molar-refractivity contribution in [3.63, 3.8) is 0 Å². The Labute approximate surface area is 144 Å². The molecule has 2 N–H and O–H groups in total. The standard InChI is InChI=1S/C19H28N2O3/c1-12-5-4-6-16(13(12)2)20-14(3)19(22)21-15-7-8-17-18(11-15)24-10-9-23-17/h7-8,11-14,16,20H,4-6,9-10H2,1-3H3,(H,21,22)/t12-,13+,14+,16-/m1/s1. The van der Waals surface area contributed by atoms with Gasteiger partial charge in [-0.15, -0.1) is 0 Å². The zero-order valence-electron chi connectivity index (χ0n) is 14.8. The van der Waals surface area contributed by atoms with Gasteiger partial charge in [0.1, 0.15) is 13.2 Å². The lowest BCUT2D eigenvalue weighted by molar-refractivity contribution is -0.118. The number of carbonyl (C=O) groups is 1. The molecule has 132 valence electrons.